The van der Waals surface area contributed by atoms with Crippen molar-refractivity contribution in [1.29, 1.82) is 0 Å². The van der Waals surface area contributed by atoms with Crippen molar-refractivity contribution in [2.75, 3.05) is 4.90 Å². The van der Waals surface area contributed by atoms with Crippen LogP contribution in [0.25, 0.3) is 0 Å². The predicted octanol–water partition coefficient (Wildman–Crippen LogP) is 5.55. The monoisotopic (exact) mass is 425 g/mol. The van der Waals surface area contributed by atoms with Crippen LogP contribution in [0.2, 0.25) is 0 Å². The van der Waals surface area contributed by atoms with Gasteiger partial charge in [0, 0.05) is 18.4 Å². The average molecular weight is 426 g/mol. The molecule has 0 aliphatic rings. The molecule has 156 valence electrons. The van der Waals surface area contributed by atoms with Crippen molar-refractivity contribution in [3.05, 3.63) is 73.8 Å². The van der Waals surface area contributed by atoms with E-state index in [4.69, 9.17) is 4.74 Å². The van der Waals surface area contributed by atoms with Crippen LogP contribution < -0.4 is 9.64 Å². The van der Waals surface area contributed by atoms with E-state index in [0.29, 0.717) is 10.8 Å². The normalized spacial score (nSPS) is 10.7. The zero-order chi connectivity index (χ0) is 22.0. The number of aryl methyl sites for hydroxylation is 4. The van der Waals surface area contributed by atoms with Gasteiger partial charge in [0.15, 0.2) is 10.9 Å². The molecule has 30 heavy (non-hydrogen) atoms. The molecule has 2 aromatic carbocycles. The number of nitrogens with zero attached hydrogens (tertiary/aromatic N) is 3. The lowest BCUT2D eigenvalue weighted by Crippen LogP contribution is -2.24. The van der Waals surface area contributed by atoms with E-state index in [-0.39, 0.29) is 24.0 Å². The van der Waals surface area contributed by atoms with E-state index < -0.39 is 4.92 Å². The predicted molar refractivity (Wildman–Crippen MR) is 118 cm³/mol. The number of carbonyl (C=O) groups is 1. The second-order valence-corrected chi connectivity index (χ2v) is 8.08. The summed E-state index contributed by atoms with van der Waals surface area (Å²) in [6, 6.07) is 8.80. The van der Waals surface area contributed by atoms with E-state index in [1.54, 1.807) is 22.4 Å². The summed E-state index contributed by atoms with van der Waals surface area (Å²) in [5.41, 5.74) is 5.31. The Kier molecular flexibility index (Phi) is 6.17. The lowest BCUT2D eigenvalue weighted by molar-refractivity contribution is -0.386. The summed E-state index contributed by atoms with van der Waals surface area (Å²) in [7, 11) is 0. The minimum atomic E-state index is -0.471. The Labute approximate surface area is 179 Å². The fraction of sp³-hybridized carbons (Fsp3) is 0.273. The van der Waals surface area contributed by atoms with Crippen LogP contribution in [-0.4, -0.2) is 15.8 Å². The van der Waals surface area contributed by atoms with Crippen LogP contribution in [-0.2, 0) is 11.4 Å². The van der Waals surface area contributed by atoms with Crippen LogP contribution in [0.1, 0.15) is 34.9 Å². The molecular weight excluding hydrogens is 402 g/mol. The van der Waals surface area contributed by atoms with Gasteiger partial charge in [-0.15, -0.1) is 11.3 Å². The third-order valence-corrected chi connectivity index (χ3v) is 5.47. The number of benzene rings is 2. The number of hydrogen-bond acceptors (Lipinski definition) is 6. The first-order valence-corrected chi connectivity index (χ1v) is 10.3. The van der Waals surface area contributed by atoms with E-state index in [1.807, 2.05) is 39.8 Å². The highest BCUT2D eigenvalue weighted by Gasteiger charge is 2.22. The molecule has 0 radical (unpaired) electrons. The molecule has 0 spiro atoms. The van der Waals surface area contributed by atoms with Crippen LogP contribution in [0.4, 0.5) is 16.5 Å². The van der Waals surface area contributed by atoms with Crippen molar-refractivity contribution in [2.45, 2.75) is 41.2 Å². The van der Waals surface area contributed by atoms with E-state index in [2.05, 4.69) is 4.98 Å². The van der Waals surface area contributed by atoms with Crippen molar-refractivity contribution in [3.8, 4) is 5.75 Å². The van der Waals surface area contributed by atoms with Gasteiger partial charge in [0.1, 0.15) is 6.61 Å². The fourth-order valence-corrected chi connectivity index (χ4v) is 4.28. The van der Waals surface area contributed by atoms with Crippen molar-refractivity contribution in [2.24, 2.45) is 0 Å². The molecule has 0 unspecified atom stereocenters. The average Bonchev–Trinajstić information content (AvgIpc) is 3.10. The molecule has 0 saturated heterocycles. The second-order valence-electron chi connectivity index (χ2n) is 7.24. The summed E-state index contributed by atoms with van der Waals surface area (Å²) >= 11 is 1.33. The summed E-state index contributed by atoms with van der Waals surface area (Å²) in [5.74, 6) is 0.0596. The number of amides is 1. The number of carbonyl (C=O) groups excluding carboxylic acids is 1. The van der Waals surface area contributed by atoms with Crippen LogP contribution in [0, 0.1) is 37.8 Å². The number of aromatic nitrogens is 1. The quantitative estimate of drug-likeness (QED) is 0.382. The third-order valence-electron chi connectivity index (χ3n) is 4.59. The van der Waals surface area contributed by atoms with Crippen molar-refractivity contribution >= 4 is 33.8 Å². The Bertz CT molecular complexity index is 1100. The number of thiazole rings is 1. The van der Waals surface area contributed by atoms with Crippen LogP contribution >= 0.6 is 11.3 Å². The number of anilines is 2. The summed E-state index contributed by atoms with van der Waals surface area (Å²) in [5, 5.41) is 13.6. The second kappa shape index (κ2) is 8.62. The Hall–Kier alpha value is -3.26. The first-order chi connectivity index (χ1) is 14.2. The van der Waals surface area contributed by atoms with Gasteiger partial charge >= 0.3 is 5.69 Å². The molecule has 1 aromatic heterocycles. The molecule has 0 aliphatic heterocycles. The summed E-state index contributed by atoms with van der Waals surface area (Å²) in [6.45, 7) is 9.38. The fourth-order valence-electron chi connectivity index (χ4n) is 3.42. The molecule has 1 amide bonds. The van der Waals surface area contributed by atoms with Gasteiger partial charge in [-0.3, -0.25) is 19.8 Å². The molecule has 0 saturated carbocycles. The molecule has 3 aromatic rings. The maximum absolute atomic E-state index is 12.5. The zero-order valence-corrected chi connectivity index (χ0v) is 18.4. The molecule has 0 bridgehead atoms. The van der Waals surface area contributed by atoms with Crippen LogP contribution in [0.3, 0.4) is 0 Å². The standard InChI is InChI=1S/C22H23N3O4S/c1-13-6-7-19(25(27)28)20(10-13)29-11-18-12-30-22(23-18)24(17(5)26)21-15(3)8-14(2)9-16(21)4/h6-10,12H,11H2,1-5H3. The van der Waals surface area contributed by atoms with Gasteiger partial charge in [0.2, 0.25) is 5.91 Å². The van der Waals surface area contributed by atoms with E-state index in [1.165, 1.54) is 24.3 Å². The Balaban J connectivity index is 1.88. The number of rotatable bonds is 6. The smallest absolute Gasteiger partial charge is 0.310 e. The maximum atomic E-state index is 12.5. The largest absolute Gasteiger partial charge is 0.480 e. The van der Waals surface area contributed by atoms with Crippen LogP contribution in [0.5, 0.6) is 5.75 Å². The number of nitro groups is 1. The zero-order valence-electron chi connectivity index (χ0n) is 17.6. The van der Waals surface area contributed by atoms with Gasteiger partial charge in [-0.25, -0.2) is 4.98 Å². The number of hydrogen-bond donors (Lipinski definition) is 0. The third kappa shape index (κ3) is 4.49. The Morgan fingerprint density at radius 2 is 1.80 bits per heavy atom. The molecule has 1 heterocycles. The molecule has 0 aliphatic carbocycles. The van der Waals surface area contributed by atoms with Gasteiger partial charge in [-0.1, -0.05) is 23.8 Å². The van der Waals surface area contributed by atoms with Gasteiger partial charge in [0.05, 0.1) is 16.3 Å². The lowest BCUT2D eigenvalue weighted by Gasteiger charge is -2.23. The lowest BCUT2D eigenvalue weighted by atomic mass is 10.0. The Morgan fingerprint density at radius 3 is 2.40 bits per heavy atom. The SMILES string of the molecule is CC(=O)N(c1nc(COc2cc(C)ccc2[N+](=O)[O-])cs1)c1c(C)cc(C)cc1C. The number of nitro benzene ring substituents is 1. The van der Waals surface area contributed by atoms with Gasteiger partial charge in [-0.05, 0) is 50.5 Å². The molecule has 7 nitrogen and oxygen atoms in total. The van der Waals surface area contributed by atoms with Crippen LogP contribution in [0.15, 0.2) is 35.7 Å². The minimum absolute atomic E-state index is 0.0679. The summed E-state index contributed by atoms with van der Waals surface area (Å²) in [4.78, 5) is 29.4. The van der Waals surface area contributed by atoms with Gasteiger partial charge in [0.25, 0.3) is 0 Å². The topological polar surface area (TPSA) is 85.6 Å². The highest BCUT2D eigenvalue weighted by molar-refractivity contribution is 7.14. The highest BCUT2D eigenvalue weighted by Crippen LogP contribution is 2.35. The molecule has 8 heteroatoms. The number of ether oxygens (including phenoxy) is 1. The maximum Gasteiger partial charge on any atom is 0.310 e. The van der Waals surface area contributed by atoms with Crippen molar-refractivity contribution < 1.29 is 14.5 Å². The first kappa shape index (κ1) is 21.4. The van der Waals surface area contributed by atoms with Gasteiger partial charge < -0.3 is 4.74 Å². The van der Waals surface area contributed by atoms with E-state index in [9.17, 15) is 14.9 Å². The molecule has 3 rings (SSSR count). The molecular formula is C22H23N3O4S. The molecule has 0 fully saturated rings. The summed E-state index contributed by atoms with van der Waals surface area (Å²) < 4.78 is 5.69. The van der Waals surface area contributed by atoms with Gasteiger partial charge in [-0.2, -0.15) is 0 Å². The van der Waals surface area contributed by atoms with Crippen molar-refractivity contribution in [1.82, 2.24) is 4.98 Å². The molecule has 0 N–H and O–H groups in total. The van der Waals surface area contributed by atoms with Crippen molar-refractivity contribution in [3.63, 3.8) is 0 Å². The van der Waals surface area contributed by atoms with E-state index in [0.717, 1.165) is 27.9 Å². The first-order valence-electron chi connectivity index (χ1n) is 9.38. The molecule has 0 atom stereocenters. The highest BCUT2D eigenvalue weighted by atomic mass is 32.1. The van der Waals surface area contributed by atoms with E-state index >= 15 is 0 Å². The summed E-state index contributed by atoms with van der Waals surface area (Å²) in [6.07, 6.45) is 0. The Morgan fingerprint density at radius 1 is 1.13 bits per heavy atom. The minimum Gasteiger partial charge on any atom is -0.480 e.